The first-order valence-corrected chi connectivity index (χ1v) is 11.5. The number of benzene rings is 3. The molecule has 0 unspecified atom stereocenters. The number of nitrogens with one attached hydrogen (secondary N) is 1. The first-order chi connectivity index (χ1) is 16.7. The van der Waals surface area contributed by atoms with E-state index < -0.39 is 42.4 Å². The topological polar surface area (TPSA) is 113 Å². The molecule has 0 saturated carbocycles. The number of carbonyl (C=O) groups excluding carboxylic acids is 1. The molecule has 0 atom stereocenters. The van der Waals surface area contributed by atoms with Gasteiger partial charge in [0.1, 0.15) is 18.9 Å². The Morgan fingerprint density at radius 3 is 2.29 bits per heavy atom. The predicted octanol–water partition coefficient (Wildman–Crippen LogP) is 4.37. The van der Waals surface area contributed by atoms with E-state index in [-0.39, 0.29) is 17.7 Å². The Labute approximate surface area is 203 Å². The Balaban J connectivity index is 1.81. The smallest absolute Gasteiger partial charge is 0.322 e. The number of hydrogen-bond donors (Lipinski definition) is 3. The SMILES string of the molecule is CSc1cc(F)c(F)cc1-c1ccc(OCc2cccc(C(=O)NCC(=O)O)c2CC(=O)O)cc1. The third-order valence-corrected chi connectivity index (χ3v) is 5.83. The second-order valence-electron chi connectivity index (χ2n) is 7.37. The average Bonchev–Trinajstić information content (AvgIpc) is 2.83. The average molecular weight is 502 g/mol. The van der Waals surface area contributed by atoms with Crippen molar-refractivity contribution in [3.05, 3.63) is 82.9 Å². The summed E-state index contributed by atoms with van der Waals surface area (Å²) in [7, 11) is 0. The summed E-state index contributed by atoms with van der Waals surface area (Å²) >= 11 is 1.29. The van der Waals surface area contributed by atoms with Crippen LogP contribution in [0, 0.1) is 11.6 Å². The van der Waals surface area contributed by atoms with E-state index in [2.05, 4.69) is 5.32 Å². The van der Waals surface area contributed by atoms with Crippen molar-refractivity contribution in [2.45, 2.75) is 17.9 Å². The monoisotopic (exact) mass is 501 g/mol. The molecule has 0 heterocycles. The number of rotatable bonds is 10. The summed E-state index contributed by atoms with van der Waals surface area (Å²) in [6.45, 7) is -0.655. The molecule has 0 aliphatic carbocycles. The molecule has 0 aliphatic rings. The molecule has 0 radical (unpaired) electrons. The summed E-state index contributed by atoms with van der Waals surface area (Å²) < 4.78 is 33.1. The van der Waals surface area contributed by atoms with E-state index in [4.69, 9.17) is 9.84 Å². The van der Waals surface area contributed by atoms with Crippen molar-refractivity contribution in [3.8, 4) is 16.9 Å². The quantitative estimate of drug-likeness (QED) is 0.354. The summed E-state index contributed by atoms with van der Waals surface area (Å²) in [6, 6.07) is 13.5. The minimum atomic E-state index is -1.23. The van der Waals surface area contributed by atoms with Gasteiger partial charge in [0, 0.05) is 10.5 Å². The maximum atomic E-state index is 13.8. The summed E-state index contributed by atoms with van der Waals surface area (Å²) in [5.41, 5.74) is 1.90. The van der Waals surface area contributed by atoms with E-state index in [1.165, 1.54) is 17.8 Å². The lowest BCUT2D eigenvalue weighted by molar-refractivity contribution is -0.137. The fourth-order valence-electron chi connectivity index (χ4n) is 3.41. The van der Waals surface area contributed by atoms with E-state index >= 15 is 0 Å². The number of amides is 1. The van der Waals surface area contributed by atoms with Gasteiger partial charge >= 0.3 is 11.9 Å². The Hall–Kier alpha value is -3.92. The molecule has 0 saturated heterocycles. The van der Waals surface area contributed by atoms with Gasteiger partial charge in [-0.1, -0.05) is 24.3 Å². The van der Waals surface area contributed by atoms with E-state index in [1.807, 2.05) is 0 Å². The van der Waals surface area contributed by atoms with Crippen LogP contribution in [0.2, 0.25) is 0 Å². The molecule has 0 spiro atoms. The fourth-order valence-corrected chi connectivity index (χ4v) is 4.03. The molecular weight excluding hydrogens is 480 g/mol. The molecule has 10 heteroatoms. The highest BCUT2D eigenvalue weighted by atomic mass is 32.2. The first kappa shape index (κ1) is 25.7. The largest absolute Gasteiger partial charge is 0.489 e. The lowest BCUT2D eigenvalue weighted by atomic mass is 9.98. The van der Waals surface area contributed by atoms with Crippen LogP contribution in [0.3, 0.4) is 0 Å². The summed E-state index contributed by atoms with van der Waals surface area (Å²) in [5, 5.41) is 20.3. The Morgan fingerprint density at radius 1 is 0.971 bits per heavy atom. The zero-order valence-electron chi connectivity index (χ0n) is 18.5. The number of carboxylic acid groups (broad SMARTS) is 2. The lowest BCUT2D eigenvalue weighted by Gasteiger charge is -2.15. The van der Waals surface area contributed by atoms with Crippen LogP contribution in [0.5, 0.6) is 5.75 Å². The van der Waals surface area contributed by atoms with Crippen molar-refractivity contribution in [2.75, 3.05) is 12.8 Å². The highest BCUT2D eigenvalue weighted by Gasteiger charge is 2.18. The van der Waals surface area contributed by atoms with Crippen molar-refractivity contribution in [3.63, 3.8) is 0 Å². The predicted molar refractivity (Wildman–Crippen MR) is 126 cm³/mol. The Bertz CT molecular complexity index is 1260. The van der Waals surface area contributed by atoms with Crippen molar-refractivity contribution in [1.82, 2.24) is 5.32 Å². The van der Waals surface area contributed by atoms with Gasteiger partial charge in [-0.3, -0.25) is 14.4 Å². The fraction of sp³-hybridized carbons (Fsp3) is 0.160. The molecule has 3 N–H and O–H groups in total. The number of ether oxygens (including phenoxy) is 1. The summed E-state index contributed by atoms with van der Waals surface area (Å²) in [5.74, 6) is -4.53. The second-order valence-corrected chi connectivity index (χ2v) is 8.22. The molecule has 0 bridgehead atoms. The van der Waals surface area contributed by atoms with Crippen molar-refractivity contribution >= 4 is 29.6 Å². The Morgan fingerprint density at radius 2 is 1.66 bits per heavy atom. The van der Waals surface area contributed by atoms with E-state index in [1.54, 1.807) is 42.7 Å². The zero-order valence-corrected chi connectivity index (χ0v) is 19.3. The van der Waals surface area contributed by atoms with Crippen LogP contribution < -0.4 is 10.1 Å². The van der Waals surface area contributed by atoms with Crippen molar-refractivity contribution in [1.29, 1.82) is 0 Å². The summed E-state index contributed by atoms with van der Waals surface area (Å²) in [6.07, 6.45) is 1.31. The maximum Gasteiger partial charge on any atom is 0.322 e. The molecule has 35 heavy (non-hydrogen) atoms. The van der Waals surface area contributed by atoms with Gasteiger partial charge in [0.05, 0.1) is 6.42 Å². The normalized spacial score (nSPS) is 10.6. The van der Waals surface area contributed by atoms with Crippen molar-refractivity contribution in [2.24, 2.45) is 0 Å². The van der Waals surface area contributed by atoms with Gasteiger partial charge < -0.3 is 20.3 Å². The second kappa shape index (κ2) is 11.5. The van der Waals surface area contributed by atoms with Gasteiger partial charge in [-0.05, 0) is 58.8 Å². The van der Waals surface area contributed by atoms with Gasteiger partial charge in [-0.25, -0.2) is 8.78 Å². The zero-order chi connectivity index (χ0) is 25.5. The molecule has 0 aliphatic heterocycles. The van der Waals surface area contributed by atoms with Gasteiger partial charge in [0.25, 0.3) is 5.91 Å². The minimum Gasteiger partial charge on any atom is -0.489 e. The third-order valence-electron chi connectivity index (χ3n) is 5.05. The molecule has 3 aromatic rings. The van der Waals surface area contributed by atoms with Crippen LogP contribution in [0.1, 0.15) is 21.5 Å². The van der Waals surface area contributed by atoms with Crippen molar-refractivity contribution < 1.29 is 38.1 Å². The molecule has 7 nitrogen and oxygen atoms in total. The third kappa shape index (κ3) is 6.57. The highest BCUT2D eigenvalue weighted by molar-refractivity contribution is 7.98. The van der Waals surface area contributed by atoms with Crippen LogP contribution in [-0.4, -0.2) is 40.9 Å². The number of hydrogen-bond acceptors (Lipinski definition) is 5. The van der Waals surface area contributed by atoms with Crippen LogP contribution in [0.4, 0.5) is 8.78 Å². The number of carboxylic acids is 2. The molecule has 1 amide bonds. The van der Waals surface area contributed by atoms with E-state index in [0.717, 1.165) is 12.1 Å². The maximum absolute atomic E-state index is 13.8. The molecular formula is C25H21F2NO6S. The number of halogens is 2. The standard InChI is InChI=1S/C25H21F2NO6S/c1-35-22-11-21(27)20(26)9-19(22)14-5-7-16(8-6-14)34-13-15-3-2-4-17(18(15)10-23(29)30)25(33)28-12-24(31)32/h2-9,11H,10,12-13H2,1H3,(H,28,33)(H,29,30)(H,31,32). The Kier molecular flexibility index (Phi) is 8.43. The van der Waals surface area contributed by atoms with Crippen LogP contribution in [0.25, 0.3) is 11.1 Å². The molecule has 0 aromatic heterocycles. The molecule has 3 aromatic carbocycles. The van der Waals surface area contributed by atoms with E-state index in [9.17, 15) is 28.3 Å². The van der Waals surface area contributed by atoms with Crippen LogP contribution in [-0.2, 0) is 22.6 Å². The molecule has 3 rings (SSSR count). The van der Waals surface area contributed by atoms with Crippen LogP contribution in [0.15, 0.2) is 59.5 Å². The minimum absolute atomic E-state index is 0.0491. The van der Waals surface area contributed by atoms with Gasteiger partial charge in [0.2, 0.25) is 0 Å². The first-order valence-electron chi connectivity index (χ1n) is 10.3. The lowest BCUT2D eigenvalue weighted by Crippen LogP contribution is -2.30. The number of thioether (sulfide) groups is 1. The number of aliphatic carboxylic acids is 2. The molecule has 182 valence electrons. The highest BCUT2D eigenvalue weighted by Crippen LogP contribution is 2.33. The van der Waals surface area contributed by atoms with Gasteiger partial charge in [0.15, 0.2) is 11.6 Å². The molecule has 0 fully saturated rings. The van der Waals surface area contributed by atoms with E-state index in [0.29, 0.717) is 27.3 Å². The van der Waals surface area contributed by atoms with Gasteiger partial charge in [-0.15, -0.1) is 11.8 Å². The van der Waals surface area contributed by atoms with Gasteiger partial charge in [-0.2, -0.15) is 0 Å². The summed E-state index contributed by atoms with van der Waals surface area (Å²) in [4.78, 5) is 35.1. The number of carbonyl (C=O) groups is 3. The van der Waals surface area contributed by atoms with Crippen LogP contribution >= 0.6 is 11.8 Å².